The lowest BCUT2D eigenvalue weighted by molar-refractivity contribution is -0.0979. The Morgan fingerprint density at radius 3 is 2.00 bits per heavy atom. The van der Waals surface area contributed by atoms with Gasteiger partial charge in [-0.1, -0.05) is 64.2 Å². The van der Waals surface area contributed by atoms with Gasteiger partial charge in [0.05, 0.1) is 0 Å². The summed E-state index contributed by atoms with van der Waals surface area (Å²) >= 11 is 0. The van der Waals surface area contributed by atoms with Gasteiger partial charge < -0.3 is 9.90 Å². The van der Waals surface area contributed by atoms with E-state index in [2.05, 4.69) is 20.8 Å². The van der Waals surface area contributed by atoms with E-state index in [9.17, 15) is 0 Å². The molecule has 0 aliphatic heterocycles. The highest BCUT2D eigenvalue weighted by atomic mass is 16.3. The Morgan fingerprint density at radius 1 is 1.17 bits per heavy atom. The van der Waals surface area contributed by atoms with E-state index in [0.717, 1.165) is 5.92 Å². The van der Waals surface area contributed by atoms with Gasteiger partial charge in [-0.25, -0.2) is 0 Å². The molecule has 1 unspecified atom stereocenters. The van der Waals surface area contributed by atoms with Crippen LogP contribution in [0.1, 0.15) is 52.0 Å². The Kier molecular flexibility index (Phi) is 14.5. The summed E-state index contributed by atoms with van der Waals surface area (Å²) in [6.07, 6.45) is 5.53. The van der Waals surface area contributed by atoms with Crippen LogP contribution < -0.4 is 0 Å². The molecular formula is C16H28O2. The van der Waals surface area contributed by atoms with Gasteiger partial charge in [0.2, 0.25) is 0 Å². The van der Waals surface area contributed by atoms with Crippen molar-refractivity contribution in [1.82, 2.24) is 0 Å². The number of carbonyl (C=O) groups is 1. The van der Waals surface area contributed by atoms with Crippen LogP contribution in [-0.4, -0.2) is 11.9 Å². The lowest BCUT2D eigenvalue weighted by atomic mass is 10.0. The van der Waals surface area contributed by atoms with Crippen molar-refractivity contribution < 1.29 is 9.90 Å². The summed E-state index contributed by atoms with van der Waals surface area (Å²) in [6.45, 7) is 10.8. The van der Waals surface area contributed by atoms with Crippen LogP contribution in [0.25, 0.3) is 0 Å². The molecule has 1 aromatic carbocycles. The SMILES string of the molecule is C=O.CCCCC(C)CC.Cc1ccc(O)cc1. The van der Waals surface area contributed by atoms with Crippen molar-refractivity contribution in [3.8, 4) is 5.75 Å². The van der Waals surface area contributed by atoms with E-state index in [0.29, 0.717) is 5.75 Å². The summed E-state index contributed by atoms with van der Waals surface area (Å²) in [4.78, 5) is 8.00. The van der Waals surface area contributed by atoms with Crippen LogP contribution in [0.3, 0.4) is 0 Å². The van der Waals surface area contributed by atoms with Gasteiger partial charge in [-0.2, -0.15) is 0 Å². The Labute approximate surface area is 112 Å². The number of carbonyl (C=O) groups excluding carboxylic acids is 1. The van der Waals surface area contributed by atoms with Crippen LogP contribution in [-0.2, 0) is 4.79 Å². The number of rotatable bonds is 4. The van der Waals surface area contributed by atoms with Crippen molar-refractivity contribution >= 4 is 6.79 Å². The predicted molar refractivity (Wildman–Crippen MR) is 78.9 cm³/mol. The lowest BCUT2D eigenvalue weighted by Crippen LogP contribution is -1.89. The Bertz CT molecular complexity index is 246. The second-order valence-electron chi connectivity index (χ2n) is 4.49. The molecule has 0 aliphatic rings. The third-order valence-electron chi connectivity index (χ3n) is 2.78. The maximum Gasteiger partial charge on any atom is 0.115 e. The van der Waals surface area contributed by atoms with Crippen molar-refractivity contribution in [3.63, 3.8) is 0 Å². The molecule has 1 atom stereocenters. The van der Waals surface area contributed by atoms with Crippen molar-refractivity contribution in [2.75, 3.05) is 0 Å². The largest absolute Gasteiger partial charge is 0.508 e. The fraction of sp³-hybridized carbons (Fsp3) is 0.562. The van der Waals surface area contributed by atoms with Crippen molar-refractivity contribution in [1.29, 1.82) is 0 Å². The highest BCUT2D eigenvalue weighted by Crippen LogP contribution is 2.09. The molecule has 0 amide bonds. The van der Waals surface area contributed by atoms with E-state index >= 15 is 0 Å². The standard InChI is InChI=1S/C8H18.C7H8O.CH2O/c1-4-6-7-8(3)5-2;1-6-2-4-7(8)5-3-6;1-2/h8H,4-7H2,1-3H3;2-5,8H,1H3;1H2. The Morgan fingerprint density at radius 2 is 1.67 bits per heavy atom. The van der Waals surface area contributed by atoms with E-state index < -0.39 is 0 Å². The Balaban J connectivity index is 0. The molecule has 0 bridgehead atoms. The molecule has 0 spiro atoms. The van der Waals surface area contributed by atoms with E-state index in [1.165, 1.54) is 31.2 Å². The van der Waals surface area contributed by atoms with E-state index in [1.54, 1.807) is 12.1 Å². The van der Waals surface area contributed by atoms with Crippen LogP contribution in [0.4, 0.5) is 0 Å². The first kappa shape index (κ1) is 19.0. The summed E-state index contributed by atoms with van der Waals surface area (Å²) in [7, 11) is 0. The molecule has 0 saturated heterocycles. The number of phenols is 1. The smallest absolute Gasteiger partial charge is 0.115 e. The molecule has 104 valence electrons. The number of aromatic hydroxyl groups is 1. The van der Waals surface area contributed by atoms with Gasteiger partial charge in [0.15, 0.2) is 0 Å². The molecule has 2 heteroatoms. The van der Waals surface area contributed by atoms with E-state index in [-0.39, 0.29) is 0 Å². The summed E-state index contributed by atoms with van der Waals surface area (Å²) in [5, 5.41) is 8.76. The topological polar surface area (TPSA) is 37.3 Å². The van der Waals surface area contributed by atoms with E-state index in [4.69, 9.17) is 9.90 Å². The molecular weight excluding hydrogens is 224 g/mol. The molecule has 1 N–H and O–H groups in total. The van der Waals surface area contributed by atoms with Gasteiger partial charge in [0, 0.05) is 0 Å². The van der Waals surface area contributed by atoms with Crippen molar-refractivity contribution in [3.05, 3.63) is 29.8 Å². The summed E-state index contributed by atoms with van der Waals surface area (Å²) in [6, 6.07) is 7.09. The first-order chi connectivity index (χ1) is 8.60. The maximum absolute atomic E-state index is 8.76. The van der Waals surface area contributed by atoms with Gasteiger partial charge >= 0.3 is 0 Å². The van der Waals surface area contributed by atoms with Crippen LogP contribution in [0.15, 0.2) is 24.3 Å². The highest BCUT2D eigenvalue weighted by Gasteiger charge is 1.94. The second kappa shape index (κ2) is 13.8. The molecule has 0 aliphatic carbocycles. The van der Waals surface area contributed by atoms with Crippen LogP contribution >= 0.6 is 0 Å². The lowest BCUT2D eigenvalue weighted by Gasteiger charge is -2.04. The third-order valence-corrected chi connectivity index (χ3v) is 2.78. The van der Waals surface area contributed by atoms with Gasteiger partial charge in [0.25, 0.3) is 0 Å². The molecule has 1 aromatic rings. The fourth-order valence-electron chi connectivity index (χ4n) is 1.30. The molecule has 18 heavy (non-hydrogen) atoms. The number of hydrogen-bond donors (Lipinski definition) is 1. The highest BCUT2D eigenvalue weighted by molar-refractivity contribution is 5.24. The number of aryl methyl sites for hydroxylation is 1. The van der Waals surface area contributed by atoms with Crippen molar-refractivity contribution in [2.24, 2.45) is 5.92 Å². The predicted octanol–water partition coefficient (Wildman–Crippen LogP) is 4.74. The minimum atomic E-state index is 0.329. The third kappa shape index (κ3) is 12.8. The Hall–Kier alpha value is -1.31. The fourth-order valence-corrected chi connectivity index (χ4v) is 1.30. The molecule has 0 saturated carbocycles. The molecule has 0 radical (unpaired) electrons. The van der Waals surface area contributed by atoms with Gasteiger partial charge in [-0.15, -0.1) is 0 Å². The summed E-state index contributed by atoms with van der Waals surface area (Å²) < 4.78 is 0. The summed E-state index contributed by atoms with van der Waals surface area (Å²) in [5.41, 5.74) is 1.17. The van der Waals surface area contributed by atoms with Crippen molar-refractivity contribution in [2.45, 2.75) is 53.4 Å². The monoisotopic (exact) mass is 252 g/mol. The van der Waals surface area contributed by atoms with Crippen LogP contribution in [0.2, 0.25) is 0 Å². The van der Waals surface area contributed by atoms with Gasteiger partial charge in [-0.05, 0) is 25.0 Å². The molecule has 0 fully saturated rings. The number of benzene rings is 1. The first-order valence-electron chi connectivity index (χ1n) is 6.64. The molecule has 1 rings (SSSR count). The zero-order valence-electron chi connectivity index (χ0n) is 12.3. The molecule has 0 heterocycles. The summed E-state index contributed by atoms with van der Waals surface area (Å²) in [5.74, 6) is 1.28. The van der Waals surface area contributed by atoms with Gasteiger partial charge in [0.1, 0.15) is 12.5 Å². The minimum absolute atomic E-state index is 0.329. The quantitative estimate of drug-likeness (QED) is 0.840. The van der Waals surface area contributed by atoms with E-state index in [1.807, 2.05) is 25.8 Å². The average Bonchev–Trinajstić information content (AvgIpc) is 2.42. The second-order valence-corrected chi connectivity index (χ2v) is 4.49. The number of phenolic OH excluding ortho intramolecular Hbond substituents is 1. The zero-order chi connectivity index (χ0) is 14.4. The number of hydrogen-bond acceptors (Lipinski definition) is 2. The van der Waals surface area contributed by atoms with Crippen LogP contribution in [0.5, 0.6) is 5.75 Å². The van der Waals surface area contributed by atoms with Crippen LogP contribution in [0, 0.1) is 12.8 Å². The first-order valence-corrected chi connectivity index (χ1v) is 6.64. The molecule has 0 aromatic heterocycles. The minimum Gasteiger partial charge on any atom is -0.508 e. The number of unbranched alkanes of at least 4 members (excludes halogenated alkanes) is 1. The maximum atomic E-state index is 8.76. The van der Waals surface area contributed by atoms with Gasteiger partial charge in [-0.3, -0.25) is 0 Å². The normalized spacial score (nSPS) is 10.4. The molecule has 2 nitrogen and oxygen atoms in total. The zero-order valence-corrected chi connectivity index (χ0v) is 12.3. The average molecular weight is 252 g/mol.